The molecule has 0 amide bonds. The number of para-hydroxylation sites is 2. The molecule has 0 spiro atoms. The Morgan fingerprint density at radius 3 is 2.83 bits per heavy atom. The van der Waals surface area contributed by atoms with Gasteiger partial charge in [-0.05, 0) is 37.5 Å². The van der Waals surface area contributed by atoms with Gasteiger partial charge in [0, 0.05) is 24.5 Å². The normalized spacial score (nSPS) is 23.2. The second-order valence-corrected chi connectivity index (χ2v) is 4.88. The highest BCUT2D eigenvalue weighted by atomic mass is 15.3. The van der Waals surface area contributed by atoms with Crippen molar-refractivity contribution >= 4 is 5.69 Å². The Morgan fingerprint density at radius 2 is 2.11 bits per heavy atom. The maximum absolute atomic E-state index is 5.95. The maximum atomic E-state index is 5.95. The number of aromatic nitrogens is 2. The Hall–Kier alpha value is -1.81. The van der Waals surface area contributed by atoms with Crippen LogP contribution in [0.5, 0.6) is 0 Å². The molecular weight excluding hydrogens is 224 g/mol. The predicted molar refractivity (Wildman–Crippen MR) is 72.8 cm³/mol. The van der Waals surface area contributed by atoms with Gasteiger partial charge in [-0.2, -0.15) is 5.10 Å². The van der Waals surface area contributed by atoms with Crippen LogP contribution >= 0.6 is 0 Å². The van der Waals surface area contributed by atoms with Crippen molar-refractivity contribution in [2.75, 3.05) is 5.32 Å². The summed E-state index contributed by atoms with van der Waals surface area (Å²) in [6, 6.07) is 11.0. The molecule has 18 heavy (non-hydrogen) atoms. The van der Waals surface area contributed by atoms with Gasteiger partial charge in [-0.1, -0.05) is 12.1 Å². The Balaban J connectivity index is 1.84. The molecule has 1 fully saturated rings. The van der Waals surface area contributed by atoms with Gasteiger partial charge in [-0.15, -0.1) is 0 Å². The van der Waals surface area contributed by atoms with Crippen molar-refractivity contribution in [2.24, 2.45) is 5.73 Å². The number of hydrogen-bond acceptors (Lipinski definition) is 3. The van der Waals surface area contributed by atoms with Crippen LogP contribution in [0.3, 0.4) is 0 Å². The predicted octanol–water partition coefficient (Wildman–Crippen LogP) is 2.16. The molecule has 4 nitrogen and oxygen atoms in total. The number of anilines is 1. The van der Waals surface area contributed by atoms with Gasteiger partial charge in [0.2, 0.25) is 0 Å². The zero-order valence-corrected chi connectivity index (χ0v) is 10.3. The monoisotopic (exact) mass is 242 g/mol. The van der Waals surface area contributed by atoms with Gasteiger partial charge in [0.25, 0.3) is 0 Å². The Labute approximate surface area is 107 Å². The number of nitrogens with one attached hydrogen (secondary N) is 1. The van der Waals surface area contributed by atoms with Crippen LogP contribution in [0.15, 0.2) is 42.7 Å². The molecule has 0 bridgehead atoms. The summed E-state index contributed by atoms with van der Waals surface area (Å²) in [5.74, 6) is 0. The van der Waals surface area contributed by atoms with E-state index in [1.165, 1.54) is 0 Å². The lowest BCUT2D eigenvalue weighted by atomic mass is 10.2. The fourth-order valence-electron chi connectivity index (χ4n) is 2.57. The molecule has 2 unspecified atom stereocenters. The van der Waals surface area contributed by atoms with Crippen LogP contribution in [0.4, 0.5) is 5.69 Å². The minimum atomic E-state index is 0.347. The molecule has 1 aromatic carbocycles. The molecular formula is C14H18N4. The highest BCUT2D eigenvalue weighted by molar-refractivity contribution is 5.61. The van der Waals surface area contributed by atoms with Crippen molar-refractivity contribution in [3.8, 4) is 5.69 Å². The van der Waals surface area contributed by atoms with E-state index in [0.29, 0.717) is 12.1 Å². The van der Waals surface area contributed by atoms with Gasteiger partial charge in [0.15, 0.2) is 0 Å². The van der Waals surface area contributed by atoms with Crippen LogP contribution in [0, 0.1) is 0 Å². The standard InChI is InChI=1S/C14H18N4/c15-11-6-7-12(10-11)17-13-4-1-2-5-14(13)18-9-3-8-16-18/h1-5,8-9,11-12,17H,6-7,10,15H2. The Kier molecular flexibility index (Phi) is 3.02. The van der Waals surface area contributed by atoms with E-state index in [0.717, 1.165) is 30.6 Å². The highest BCUT2D eigenvalue weighted by Crippen LogP contribution is 2.25. The van der Waals surface area contributed by atoms with E-state index in [1.54, 1.807) is 6.20 Å². The summed E-state index contributed by atoms with van der Waals surface area (Å²) < 4.78 is 1.89. The summed E-state index contributed by atoms with van der Waals surface area (Å²) in [6.07, 6.45) is 7.06. The van der Waals surface area contributed by atoms with E-state index in [9.17, 15) is 0 Å². The summed E-state index contributed by atoms with van der Waals surface area (Å²) in [5, 5.41) is 7.88. The van der Waals surface area contributed by atoms with Crippen molar-refractivity contribution in [3.05, 3.63) is 42.7 Å². The lowest BCUT2D eigenvalue weighted by molar-refractivity contribution is 0.687. The third-order valence-corrected chi connectivity index (χ3v) is 3.49. The molecule has 2 atom stereocenters. The van der Waals surface area contributed by atoms with E-state index in [1.807, 2.05) is 29.1 Å². The average molecular weight is 242 g/mol. The molecule has 1 aliphatic carbocycles. The summed E-state index contributed by atoms with van der Waals surface area (Å²) >= 11 is 0. The second kappa shape index (κ2) is 4.82. The van der Waals surface area contributed by atoms with Crippen molar-refractivity contribution in [1.29, 1.82) is 0 Å². The van der Waals surface area contributed by atoms with E-state index >= 15 is 0 Å². The van der Waals surface area contributed by atoms with E-state index in [2.05, 4.69) is 22.5 Å². The molecule has 4 heteroatoms. The molecule has 1 aliphatic rings. The molecule has 3 rings (SSSR count). The zero-order chi connectivity index (χ0) is 12.4. The van der Waals surface area contributed by atoms with Crippen molar-refractivity contribution in [2.45, 2.75) is 31.3 Å². The van der Waals surface area contributed by atoms with Crippen molar-refractivity contribution < 1.29 is 0 Å². The molecule has 0 radical (unpaired) electrons. The van der Waals surface area contributed by atoms with Crippen LogP contribution in [0.2, 0.25) is 0 Å². The fourth-order valence-corrected chi connectivity index (χ4v) is 2.57. The van der Waals surface area contributed by atoms with Crippen LogP contribution < -0.4 is 11.1 Å². The smallest absolute Gasteiger partial charge is 0.0876 e. The van der Waals surface area contributed by atoms with E-state index in [4.69, 9.17) is 5.73 Å². The zero-order valence-electron chi connectivity index (χ0n) is 10.3. The summed E-state index contributed by atoms with van der Waals surface area (Å²) in [4.78, 5) is 0. The first kappa shape index (κ1) is 11.3. The van der Waals surface area contributed by atoms with Gasteiger partial charge in [0.1, 0.15) is 0 Å². The van der Waals surface area contributed by atoms with E-state index < -0.39 is 0 Å². The lowest BCUT2D eigenvalue weighted by Crippen LogP contribution is -2.21. The van der Waals surface area contributed by atoms with Gasteiger partial charge in [-0.25, -0.2) is 4.68 Å². The summed E-state index contributed by atoms with van der Waals surface area (Å²) in [5.41, 5.74) is 8.17. The average Bonchev–Trinajstić information content (AvgIpc) is 3.02. The third-order valence-electron chi connectivity index (χ3n) is 3.49. The molecule has 1 heterocycles. The molecule has 3 N–H and O–H groups in total. The maximum Gasteiger partial charge on any atom is 0.0876 e. The van der Waals surface area contributed by atoms with Crippen molar-refractivity contribution in [3.63, 3.8) is 0 Å². The highest BCUT2D eigenvalue weighted by Gasteiger charge is 2.22. The number of hydrogen-bond donors (Lipinski definition) is 2. The topological polar surface area (TPSA) is 55.9 Å². The first-order chi connectivity index (χ1) is 8.83. The third kappa shape index (κ3) is 2.24. The Bertz CT molecular complexity index is 506. The first-order valence-corrected chi connectivity index (χ1v) is 6.44. The number of nitrogens with zero attached hydrogens (tertiary/aromatic N) is 2. The van der Waals surface area contributed by atoms with Crippen LogP contribution in [-0.4, -0.2) is 21.9 Å². The first-order valence-electron chi connectivity index (χ1n) is 6.44. The van der Waals surface area contributed by atoms with E-state index in [-0.39, 0.29) is 0 Å². The van der Waals surface area contributed by atoms with Gasteiger partial charge in [-0.3, -0.25) is 0 Å². The quantitative estimate of drug-likeness (QED) is 0.867. The summed E-state index contributed by atoms with van der Waals surface area (Å²) in [6.45, 7) is 0. The Morgan fingerprint density at radius 1 is 1.22 bits per heavy atom. The van der Waals surface area contributed by atoms with Crippen LogP contribution in [-0.2, 0) is 0 Å². The minimum Gasteiger partial charge on any atom is -0.381 e. The second-order valence-electron chi connectivity index (χ2n) is 4.88. The van der Waals surface area contributed by atoms with Crippen LogP contribution in [0.1, 0.15) is 19.3 Å². The number of rotatable bonds is 3. The molecule has 1 saturated carbocycles. The van der Waals surface area contributed by atoms with Crippen molar-refractivity contribution in [1.82, 2.24) is 9.78 Å². The molecule has 94 valence electrons. The largest absolute Gasteiger partial charge is 0.381 e. The number of benzene rings is 1. The molecule has 0 saturated heterocycles. The van der Waals surface area contributed by atoms with Gasteiger partial charge in [0.05, 0.1) is 11.4 Å². The molecule has 2 aromatic rings. The van der Waals surface area contributed by atoms with Gasteiger partial charge >= 0.3 is 0 Å². The lowest BCUT2D eigenvalue weighted by Gasteiger charge is -2.17. The molecule has 0 aliphatic heterocycles. The van der Waals surface area contributed by atoms with Crippen LogP contribution in [0.25, 0.3) is 5.69 Å². The minimum absolute atomic E-state index is 0.347. The van der Waals surface area contributed by atoms with Gasteiger partial charge < -0.3 is 11.1 Å². The fraction of sp³-hybridized carbons (Fsp3) is 0.357. The molecule has 1 aromatic heterocycles. The SMILES string of the molecule is NC1CCC(Nc2ccccc2-n2cccn2)C1. The number of nitrogens with two attached hydrogens (primary N) is 1. The summed E-state index contributed by atoms with van der Waals surface area (Å²) in [7, 11) is 0.